The number of nitrogens with two attached hydrogens (primary N) is 1. The number of hydrogen-bond donors (Lipinski definition) is 4. The number of methoxy groups -OCH3 is 1. The summed E-state index contributed by atoms with van der Waals surface area (Å²) in [5.74, 6) is -3.43. The Hall–Kier alpha value is -3.04. The molecule has 2 rings (SSSR count). The van der Waals surface area contributed by atoms with Crippen molar-refractivity contribution >= 4 is 35.7 Å². The topological polar surface area (TPSA) is 117 Å². The molecule has 0 aliphatic carbocycles. The monoisotopic (exact) mass is 426 g/mol. The quantitative estimate of drug-likeness (QED) is 0.402. The van der Waals surface area contributed by atoms with Crippen LogP contribution in [0.5, 0.6) is 0 Å². The minimum absolute atomic E-state index is 0. The number of ether oxygens (including phenoxy) is 1. The molecule has 0 aliphatic rings. The van der Waals surface area contributed by atoms with Crippen molar-refractivity contribution in [3.05, 3.63) is 64.7 Å². The minimum atomic E-state index is -1.55. The summed E-state index contributed by atoms with van der Waals surface area (Å²) in [6.45, 7) is 1.26. The second-order valence-electron chi connectivity index (χ2n) is 5.95. The van der Waals surface area contributed by atoms with Crippen LogP contribution in [0.2, 0.25) is 0 Å². The lowest BCUT2D eigenvalue weighted by molar-refractivity contribution is -0.131. The first-order valence-electron chi connectivity index (χ1n) is 8.24. The smallest absolute Gasteiger partial charge is 0.254 e. The van der Waals surface area contributed by atoms with Crippen LogP contribution in [-0.2, 0) is 20.9 Å². The molecule has 1 unspecified atom stereocenters. The highest BCUT2D eigenvalue weighted by molar-refractivity contribution is 5.95. The van der Waals surface area contributed by atoms with Crippen LogP contribution in [0.3, 0.4) is 0 Å². The van der Waals surface area contributed by atoms with Crippen LogP contribution in [-0.4, -0.2) is 24.8 Å². The van der Waals surface area contributed by atoms with Crippen molar-refractivity contribution in [3.63, 3.8) is 0 Å². The van der Waals surface area contributed by atoms with E-state index in [0.717, 1.165) is 19.2 Å². The van der Waals surface area contributed by atoms with Crippen LogP contribution < -0.4 is 16.4 Å². The van der Waals surface area contributed by atoms with E-state index in [2.05, 4.69) is 10.6 Å². The van der Waals surface area contributed by atoms with Gasteiger partial charge in [-0.25, -0.2) is 8.78 Å². The fourth-order valence-corrected chi connectivity index (χ4v) is 2.54. The molecule has 2 aromatic carbocycles. The van der Waals surface area contributed by atoms with Gasteiger partial charge in [0.15, 0.2) is 11.9 Å². The maximum atomic E-state index is 14.6. The fourth-order valence-electron chi connectivity index (χ4n) is 2.54. The van der Waals surface area contributed by atoms with Gasteiger partial charge in [-0.2, -0.15) is 0 Å². The van der Waals surface area contributed by atoms with Crippen LogP contribution in [0.15, 0.2) is 36.4 Å². The molecule has 0 aromatic heterocycles. The fraction of sp³-hybridized carbons (Fsp3) is 0.211. The van der Waals surface area contributed by atoms with E-state index in [1.165, 1.54) is 6.92 Å². The summed E-state index contributed by atoms with van der Waals surface area (Å²) >= 11 is 0. The zero-order valence-electron chi connectivity index (χ0n) is 15.7. The molecule has 29 heavy (non-hydrogen) atoms. The van der Waals surface area contributed by atoms with E-state index in [1.807, 2.05) is 0 Å². The van der Waals surface area contributed by atoms with Crippen molar-refractivity contribution in [2.75, 3.05) is 12.4 Å². The second kappa shape index (κ2) is 10.5. The van der Waals surface area contributed by atoms with Crippen molar-refractivity contribution < 1.29 is 23.1 Å². The molecule has 0 bridgehead atoms. The predicted molar refractivity (Wildman–Crippen MR) is 107 cm³/mol. The lowest BCUT2D eigenvalue weighted by atomic mass is 10.1. The Morgan fingerprint density at radius 2 is 1.79 bits per heavy atom. The Labute approximate surface area is 172 Å². The summed E-state index contributed by atoms with van der Waals surface area (Å²) in [4.78, 5) is 23.6. The van der Waals surface area contributed by atoms with Gasteiger partial charge in [0.05, 0.1) is 11.3 Å². The lowest BCUT2D eigenvalue weighted by Gasteiger charge is -2.18. The Balaban J connectivity index is 0.00000420. The van der Waals surface area contributed by atoms with Crippen molar-refractivity contribution in [1.29, 1.82) is 5.41 Å². The number of nitrogen functional groups attached to an aromatic ring is 1. The summed E-state index contributed by atoms with van der Waals surface area (Å²) in [7, 11) is 1.15. The van der Waals surface area contributed by atoms with Gasteiger partial charge >= 0.3 is 0 Å². The number of amidine groups is 1. The van der Waals surface area contributed by atoms with Gasteiger partial charge in [0.25, 0.3) is 5.91 Å². The molecule has 7 nitrogen and oxygen atoms in total. The molecular weight excluding hydrogens is 406 g/mol. The van der Waals surface area contributed by atoms with E-state index < -0.39 is 35.1 Å². The molecule has 0 radical (unpaired) electrons. The number of halogens is 3. The Morgan fingerprint density at radius 3 is 2.31 bits per heavy atom. The minimum Gasteiger partial charge on any atom is -0.384 e. The number of amides is 2. The zero-order chi connectivity index (χ0) is 20.8. The number of nitrogens with one attached hydrogen (secondary N) is 3. The highest BCUT2D eigenvalue weighted by atomic mass is 35.5. The summed E-state index contributed by atoms with van der Waals surface area (Å²) in [6.07, 6.45) is -1.55. The highest BCUT2D eigenvalue weighted by Gasteiger charge is 2.28. The van der Waals surface area contributed by atoms with Crippen LogP contribution in [0.1, 0.15) is 29.7 Å². The first-order valence-corrected chi connectivity index (χ1v) is 8.24. The van der Waals surface area contributed by atoms with E-state index in [9.17, 15) is 18.4 Å². The second-order valence-corrected chi connectivity index (χ2v) is 5.95. The molecule has 0 saturated heterocycles. The van der Waals surface area contributed by atoms with Gasteiger partial charge in [-0.15, -0.1) is 12.4 Å². The number of rotatable bonds is 7. The summed E-state index contributed by atoms with van der Waals surface area (Å²) in [5, 5.41) is 12.1. The maximum absolute atomic E-state index is 14.6. The van der Waals surface area contributed by atoms with Crippen LogP contribution in [0.4, 0.5) is 14.5 Å². The molecule has 0 heterocycles. The molecule has 0 aliphatic heterocycles. The van der Waals surface area contributed by atoms with E-state index in [1.54, 1.807) is 24.3 Å². The van der Waals surface area contributed by atoms with Gasteiger partial charge in [0.2, 0.25) is 5.91 Å². The zero-order valence-corrected chi connectivity index (χ0v) is 16.5. The molecule has 156 valence electrons. The summed E-state index contributed by atoms with van der Waals surface area (Å²) in [5.41, 5.74) is 5.76. The lowest BCUT2D eigenvalue weighted by Crippen LogP contribution is -2.31. The third-order valence-corrected chi connectivity index (χ3v) is 3.90. The van der Waals surface area contributed by atoms with Gasteiger partial charge in [0.1, 0.15) is 11.7 Å². The standard InChI is InChI=1S/C19H20F2N4O3.ClH/c1-10(26)25-14-8-7-13(20)15(16(14)21)17(28-2)19(27)24-9-11-3-5-12(6-4-11)18(22)23;/h3-8,17H,9H2,1-2H3,(H3,22,23)(H,24,27)(H,25,26);1H. The Bertz CT molecular complexity index is 907. The largest absolute Gasteiger partial charge is 0.384 e. The Kier molecular flexibility index (Phi) is 8.68. The van der Waals surface area contributed by atoms with Crippen LogP contribution in [0, 0.1) is 17.0 Å². The third kappa shape index (κ3) is 5.97. The van der Waals surface area contributed by atoms with E-state index in [-0.39, 0.29) is 30.5 Å². The third-order valence-electron chi connectivity index (χ3n) is 3.90. The summed E-state index contributed by atoms with van der Waals surface area (Å²) < 4.78 is 33.8. The molecule has 5 N–H and O–H groups in total. The molecule has 2 aromatic rings. The van der Waals surface area contributed by atoms with E-state index in [0.29, 0.717) is 11.1 Å². The van der Waals surface area contributed by atoms with Crippen molar-refractivity contribution in [1.82, 2.24) is 5.32 Å². The normalized spacial score (nSPS) is 11.2. The molecule has 0 fully saturated rings. The molecule has 0 spiro atoms. The van der Waals surface area contributed by atoms with Crippen LogP contribution in [0.25, 0.3) is 0 Å². The molecule has 2 amide bonds. The highest BCUT2D eigenvalue weighted by Crippen LogP contribution is 2.28. The van der Waals surface area contributed by atoms with Crippen molar-refractivity contribution in [3.8, 4) is 0 Å². The SMILES string of the molecule is COC(C(=O)NCc1ccc(C(=N)N)cc1)c1c(F)ccc(NC(C)=O)c1F.Cl. The van der Waals surface area contributed by atoms with Gasteiger partial charge in [-0.1, -0.05) is 24.3 Å². The first kappa shape index (κ1) is 24.0. The predicted octanol–water partition coefficient (Wildman–Crippen LogP) is 2.63. The number of anilines is 1. The number of hydrogen-bond acceptors (Lipinski definition) is 4. The van der Waals surface area contributed by atoms with Gasteiger partial charge in [-0.05, 0) is 17.7 Å². The molecule has 10 heteroatoms. The van der Waals surface area contributed by atoms with Crippen molar-refractivity contribution in [2.24, 2.45) is 5.73 Å². The summed E-state index contributed by atoms with van der Waals surface area (Å²) in [6, 6.07) is 8.58. The molecule has 1 atom stereocenters. The van der Waals surface area contributed by atoms with Gasteiger partial charge in [-0.3, -0.25) is 15.0 Å². The molecule has 0 saturated carbocycles. The number of benzene rings is 2. The van der Waals surface area contributed by atoms with Gasteiger partial charge < -0.3 is 21.1 Å². The number of carbonyl (C=O) groups excluding carboxylic acids is 2. The Morgan fingerprint density at radius 1 is 1.17 bits per heavy atom. The average Bonchev–Trinajstić information content (AvgIpc) is 2.65. The van der Waals surface area contributed by atoms with E-state index in [4.69, 9.17) is 15.9 Å². The maximum Gasteiger partial charge on any atom is 0.254 e. The number of carbonyl (C=O) groups is 2. The van der Waals surface area contributed by atoms with Crippen molar-refractivity contribution in [2.45, 2.75) is 19.6 Å². The van der Waals surface area contributed by atoms with Crippen LogP contribution >= 0.6 is 12.4 Å². The first-order chi connectivity index (χ1) is 13.2. The molecular formula is C19H21ClF2N4O3. The van der Waals surface area contributed by atoms with Gasteiger partial charge in [0, 0.05) is 26.1 Å². The average molecular weight is 427 g/mol. The van der Waals surface area contributed by atoms with E-state index >= 15 is 0 Å².